The van der Waals surface area contributed by atoms with Crippen LogP contribution in [-0.4, -0.2) is 19.8 Å². The topological polar surface area (TPSA) is 35.1 Å². The summed E-state index contributed by atoms with van der Waals surface area (Å²) >= 11 is 0. The maximum atomic E-state index is 5.84. The van der Waals surface area contributed by atoms with E-state index in [0.717, 1.165) is 30.5 Å². The van der Waals surface area contributed by atoms with Crippen LogP contribution < -0.4 is 14.8 Å². The monoisotopic (exact) mass is 396 g/mol. The predicted octanol–water partition coefficient (Wildman–Crippen LogP) is 5.30. The van der Waals surface area contributed by atoms with Gasteiger partial charge < -0.3 is 14.8 Å². The van der Waals surface area contributed by atoms with Gasteiger partial charge in [-0.1, -0.05) is 31.4 Å². The lowest BCUT2D eigenvalue weighted by molar-refractivity contribution is -0.671. The van der Waals surface area contributed by atoms with E-state index < -0.39 is 0 Å². The lowest BCUT2D eigenvalue weighted by atomic mass is 9.75. The van der Waals surface area contributed by atoms with Gasteiger partial charge in [0.25, 0.3) is 0 Å². The van der Waals surface area contributed by atoms with Crippen LogP contribution in [0.4, 0.5) is 0 Å². The Bertz CT molecular complexity index is 702. The molecule has 0 heterocycles. The summed E-state index contributed by atoms with van der Waals surface area (Å²) in [6.45, 7) is 6.36. The molecule has 3 nitrogen and oxygen atoms in total. The number of rotatable bonds is 10. The molecule has 0 aromatic heterocycles. The zero-order chi connectivity index (χ0) is 20.5. The average molecular weight is 397 g/mol. The zero-order valence-electron chi connectivity index (χ0n) is 18.4. The summed E-state index contributed by atoms with van der Waals surface area (Å²) in [5, 5.41) is 2.45. The molecule has 1 atom stereocenters. The fourth-order valence-corrected chi connectivity index (χ4v) is 4.60. The Morgan fingerprint density at radius 3 is 2.17 bits per heavy atom. The van der Waals surface area contributed by atoms with Crippen LogP contribution in [0.5, 0.6) is 11.5 Å². The highest BCUT2D eigenvalue weighted by molar-refractivity contribution is 5.30. The normalized spacial score (nSPS) is 16.0. The molecule has 0 spiro atoms. The van der Waals surface area contributed by atoms with E-state index in [1.807, 2.05) is 0 Å². The maximum absolute atomic E-state index is 5.84. The van der Waals surface area contributed by atoms with Crippen molar-refractivity contribution in [3.8, 4) is 11.5 Å². The molecule has 29 heavy (non-hydrogen) atoms. The number of hydrogen-bond acceptors (Lipinski definition) is 2. The summed E-state index contributed by atoms with van der Waals surface area (Å²) in [6, 6.07) is 17.4. The van der Waals surface area contributed by atoms with Crippen molar-refractivity contribution in [2.24, 2.45) is 5.92 Å². The molecule has 158 valence electrons. The Hall–Kier alpha value is -2.00. The second kappa shape index (κ2) is 11.3. The number of methoxy groups -OCH3 is 1. The largest absolute Gasteiger partial charge is 0.497 e. The van der Waals surface area contributed by atoms with Gasteiger partial charge in [-0.3, -0.25) is 0 Å². The Morgan fingerprint density at radius 1 is 0.897 bits per heavy atom. The highest BCUT2D eigenvalue weighted by Crippen LogP contribution is 2.38. The van der Waals surface area contributed by atoms with Crippen LogP contribution in [0, 0.1) is 5.92 Å². The minimum Gasteiger partial charge on any atom is -0.497 e. The maximum Gasteiger partial charge on any atom is 0.119 e. The van der Waals surface area contributed by atoms with Gasteiger partial charge >= 0.3 is 0 Å². The van der Waals surface area contributed by atoms with Crippen molar-refractivity contribution < 1.29 is 14.8 Å². The molecule has 1 saturated carbocycles. The Morgan fingerprint density at radius 2 is 1.55 bits per heavy atom. The first-order chi connectivity index (χ1) is 14.2. The Labute approximate surface area is 176 Å². The van der Waals surface area contributed by atoms with E-state index in [-0.39, 0.29) is 6.10 Å². The molecule has 3 rings (SSSR count). The molecule has 0 saturated heterocycles. The summed E-state index contributed by atoms with van der Waals surface area (Å²) in [5.74, 6) is 3.40. The number of quaternary nitrogens is 1. The molecule has 1 aliphatic rings. The lowest BCUT2D eigenvalue weighted by Crippen LogP contribution is -2.82. The summed E-state index contributed by atoms with van der Waals surface area (Å²) in [4.78, 5) is 0. The van der Waals surface area contributed by atoms with Crippen molar-refractivity contribution in [3.63, 3.8) is 0 Å². The minimum atomic E-state index is 0.225. The van der Waals surface area contributed by atoms with E-state index >= 15 is 0 Å². The van der Waals surface area contributed by atoms with Crippen molar-refractivity contribution in [3.05, 3.63) is 59.7 Å². The number of hydrogen-bond donors (Lipinski definition) is 1. The van der Waals surface area contributed by atoms with Gasteiger partial charge in [-0.25, -0.2) is 0 Å². The third kappa shape index (κ3) is 6.78. The van der Waals surface area contributed by atoms with Crippen LogP contribution >= 0.6 is 0 Å². The molecule has 1 fully saturated rings. The van der Waals surface area contributed by atoms with E-state index in [4.69, 9.17) is 9.47 Å². The molecule has 2 aromatic rings. The van der Waals surface area contributed by atoms with Crippen LogP contribution in [0.2, 0.25) is 0 Å². The molecule has 3 heteroatoms. The molecule has 0 unspecified atom stereocenters. The SMILES string of the molecule is COc1ccc(C[NH2+]CC[C@@H](c2ccc(OC(C)C)cc2)C2CCCCC2)cc1. The zero-order valence-corrected chi connectivity index (χ0v) is 18.4. The minimum absolute atomic E-state index is 0.225. The molecule has 0 bridgehead atoms. The molecule has 0 radical (unpaired) electrons. The van der Waals surface area contributed by atoms with Crippen LogP contribution in [0.3, 0.4) is 0 Å². The van der Waals surface area contributed by atoms with Crippen molar-refractivity contribution in [1.29, 1.82) is 0 Å². The average Bonchev–Trinajstić information content (AvgIpc) is 2.75. The molecule has 0 amide bonds. The molecule has 1 aliphatic carbocycles. The van der Waals surface area contributed by atoms with Crippen LogP contribution in [0.1, 0.15) is 69.4 Å². The van der Waals surface area contributed by atoms with Gasteiger partial charge in [-0.2, -0.15) is 0 Å². The van der Waals surface area contributed by atoms with Gasteiger partial charge in [-0.05, 0) is 80.5 Å². The predicted molar refractivity (Wildman–Crippen MR) is 120 cm³/mol. The first kappa shape index (κ1) is 21.7. The fourth-order valence-electron chi connectivity index (χ4n) is 4.60. The highest BCUT2D eigenvalue weighted by atomic mass is 16.5. The van der Waals surface area contributed by atoms with Crippen LogP contribution in [0.15, 0.2) is 48.5 Å². The number of benzene rings is 2. The Balaban J connectivity index is 1.57. The molecule has 2 N–H and O–H groups in total. The fraction of sp³-hybridized carbons (Fsp3) is 0.538. The highest BCUT2D eigenvalue weighted by Gasteiger charge is 2.25. The van der Waals surface area contributed by atoms with E-state index in [0.29, 0.717) is 5.92 Å². The van der Waals surface area contributed by atoms with Gasteiger partial charge in [-0.15, -0.1) is 0 Å². The van der Waals surface area contributed by atoms with E-state index in [1.165, 1.54) is 49.7 Å². The number of ether oxygens (including phenoxy) is 2. The van der Waals surface area contributed by atoms with E-state index in [9.17, 15) is 0 Å². The quantitative estimate of drug-likeness (QED) is 0.553. The molecular weight excluding hydrogens is 358 g/mol. The van der Waals surface area contributed by atoms with E-state index in [2.05, 4.69) is 67.7 Å². The lowest BCUT2D eigenvalue weighted by Gasteiger charge is -2.30. The third-order valence-corrected chi connectivity index (χ3v) is 6.12. The van der Waals surface area contributed by atoms with Gasteiger partial charge in [0, 0.05) is 12.0 Å². The van der Waals surface area contributed by atoms with Crippen molar-refractivity contribution in [2.75, 3.05) is 13.7 Å². The van der Waals surface area contributed by atoms with Gasteiger partial charge in [0.15, 0.2) is 0 Å². The Kier molecular flexibility index (Phi) is 8.42. The first-order valence-electron chi connectivity index (χ1n) is 11.4. The molecule has 0 aliphatic heterocycles. The molecular formula is C26H38NO2+. The second-order valence-corrected chi connectivity index (χ2v) is 8.66. The van der Waals surface area contributed by atoms with Gasteiger partial charge in [0.1, 0.15) is 18.0 Å². The summed E-state index contributed by atoms with van der Waals surface area (Å²) in [5.41, 5.74) is 2.85. The van der Waals surface area contributed by atoms with Crippen molar-refractivity contribution in [1.82, 2.24) is 0 Å². The smallest absolute Gasteiger partial charge is 0.119 e. The second-order valence-electron chi connectivity index (χ2n) is 8.66. The molecule has 2 aromatic carbocycles. The summed E-state index contributed by atoms with van der Waals surface area (Å²) in [6.07, 6.45) is 8.43. The van der Waals surface area contributed by atoms with E-state index in [1.54, 1.807) is 7.11 Å². The number of nitrogens with two attached hydrogens (primary N) is 1. The van der Waals surface area contributed by atoms with Crippen molar-refractivity contribution >= 4 is 0 Å². The summed E-state index contributed by atoms with van der Waals surface area (Å²) < 4.78 is 11.1. The van der Waals surface area contributed by atoms with Crippen LogP contribution in [0.25, 0.3) is 0 Å². The van der Waals surface area contributed by atoms with Gasteiger partial charge in [0.2, 0.25) is 0 Å². The summed E-state index contributed by atoms with van der Waals surface area (Å²) in [7, 11) is 1.72. The standard InChI is InChI=1S/C26H37NO2/c1-20(2)29-25-15-11-23(12-16-25)26(22-7-5-4-6-8-22)17-18-27-19-21-9-13-24(28-3)14-10-21/h9-16,20,22,26-27H,4-8,17-19H2,1-3H3/p+1/t26-/m1/s1. The third-order valence-electron chi connectivity index (χ3n) is 6.12. The van der Waals surface area contributed by atoms with Crippen molar-refractivity contribution in [2.45, 2.75) is 70.9 Å². The first-order valence-corrected chi connectivity index (χ1v) is 11.4. The van der Waals surface area contributed by atoms with Gasteiger partial charge in [0.05, 0.1) is 19.8 Å². The van der Waals surface area contributed by atoms with Crippen LogP contribution in [-0.2, 0) is 6.54 Å².